The predicted molar refractivity (Wildman–Crippen MR) is 131 cm³/mol. The minimum absolute atomic E-state index is 0.115. The van der Waals surface area contributed by atoms with Crippen LogP contribution in [0.2, 0.25) is 0 Å². The second-order valence-corrected chi connectivity index (χ2v) is 9.78. The number of ether oxygens (including phenoxy) is 2. The summed E-state index contributed by atoms with van der Waals surface area (Å²) in [7, 11) is 0. The van der Waals surface area contributed by atoms with Gasteiger partial charge in [0, 0.05) is 43.2 Å². The first-order valence-corrected chi connectivity index (χ1v) is 12.9. The van der Waals surface area contributed by atoms with E-state index in [0.29, 0.717) is 30.3 Å². The number of tetrazole rings is 1. The summed E-state index contributed by atoms with van der Waals surface area (Å²) >= 11 is 0. The number of fused-ring (bicyclic) bond motifs is 2. The molecular weight excluding hydrogens is 446 g/mol. The zero-order valence-corrected chi connectivity index (χ0v) is 20.3. The molecule has 35 heavy (non-hydrogen) atoms. The predicted octanol–water partition coefficient (Wildman–Crippen LogP) is 2.52. The van der Waals surface area contributed by atoms with Gasteiger partial charge in [-0.05, 0) is 41.9 Å². The van der Waals surface area contributed by atoms with Crippen molar-refractivity contribution in [2.24, 2.45) is 0 Å². The van der Waals surface area contributed by atoms with E-state index in [2.05, 4.69) is 37.2 Å². The fourth-order valence-corrected chi connectivity index (χ4v) is 5.77. The Balaban J connectivity index is 1.45. The average molecular weight is 480 g/mol. The molecule has 10 nitrogen and oxygen atoms in total. The zero-order valence-electron chi connectivity index (χ0n) is 20.3. The van der Waals surface area contributed by atoms with E-state index in [1.54, 1.807) is 0 Å². The van der Waals surface area contributed by atoms with Crippen molar-refractivity contribution < 1.29 is 9.47 Å². The summed E-state index contributed by atoms with van der Waals surface area (Å²) in [5.41, 5.74) is 1.30. The Morgan fingerprint density at radius 2 is 1.77 bits per heavy atom. The maximum Gasteiger partial charge on any atom is 0.253 e. The van der Waals surface area contributed by atoms with E-state index in [0.717, 1.165) is 62.3 Å². The van der Waals surface area contributed by atoms with Crippen molar-refractivity contribution in [2.45, 2.75) is 51.1 Å². The normalized spacial score (nSPS) is 20.8. The van der Waals surface area contributed by atoms with Gasteiger partial charge in [0.15, 0.2) is 17.3 Å². The summed E-state index contributed by atoms with van der Waals surface area (Å²) in [5.74, 6) is 2.15. The molecule has 0 bridgehead atoms. The van der Waals surface area contributed by atoms with Crippen LogP contribution in [0.15, 0.2) is 23.0 Å². The number of aromatic nitrogens is 5. The van der Waals surface area contributed by atoms with Gasteiger partial charge in [0.2, 0.25) is 0 Å². The number of likely N-dealkylation sites (N-methyl/N-ethyl adjacent to an activating group) is 1. The lowest BCUT2D eigenvalue weighted by Gasteiger charge is -2.38. The van der Waals surface area contributed by atoms with E-state index in [9.17, 15) is 4.79 Å². The molecule has 1 saturated heterocycles. The molecule has 1 atom stereocenters. The Kier molecular flexibility index (Phi) is 6.15. The Hall–Kier alpha value is -2.98. The van der Waals surface area contributed by atoms with E-state index < -0.39 is 0 Å². The van der Waals surface area contributed by atoms with E-state index >= 15 is 0 Å². The van der Waals surface area contributed by atoms with Crippen molar-refractivity contribution in [1.29, 1.82) is 0 Å². The van der Waals surface area contributed by atoms with Gasteiger partial charge in [-0.3, -0.25) is 9.69 Å². The maximum atomic E-state index is 13.5. The van der Waals surface area contributed by atoms with Crippen LogP contribution in [0.25, 0.3) is 10.9 Å². The highest BCUT2D eigenvalue weighted by atomic mass is 16.6. The summed E-state index contributed by atoms with van der Waals surface area (Å²) in [5, 5.41) is 14.0. The SMILES string of the molecule is CCN1CCN(C(c2cc3cc4c(cc3[nH]c2=O)OCCO4)c2nnnn2C2CCCCC2)CC1. The highest BCUT2D eigenvalue weighted by Crippen LogP contribution is 2.36. The van der Waals surface area contributed by atoms with E-state index in [-0.39, 0.29) is 17.6 Å². The Bertz CT molecular complexity index is 1240. The molecule has 3 aliphatic rings. The third-order valence-corrected chi connectivity index (χ3v) is 7.73. The maximum absolute atomic E-state index is 13.5. The van der Waals surface area contributed by atoms with Gasteiger partial charge in [0.25, 0.3) is 5.56 Å². The van der Waals surface area contributed by atoms with Crippen molar-refractivity contribution in [3.8, 4) is 11.5 Å². The monoisotopic (exact) mass is 479 g/mol. The fourth-order valence-electron chi connectivity index (χ4n) is 5.77. The number of pyridine rings is 1. The van der Waals surface area contributed by atoms with Crippen LogP contribution in [-0.2, 0) is 0 Å². The molecule has 2 aliphatic heterocycles. The fraction of sp³-hybridized carbons (Fsp3) is 0.600. The van der Waals surface area contributed by atoms with Crippen LogP contribution in [0.3, 0.4) is 0 Å². The highest BCUT2D eigenvalue weighted by molar-refractivity contribution is 5.83. The summed E-state index contributed by atoms with van der Waals surface area (Å²) < 4.78 is 13.5. The first kappa shape index (κ1) is 22.5. The average Bonchev–Trinajstić information content (AvgIpc) is 3.38. The van der Waals surface area contributed by atoms with Crippen LogP contribution in [0.4, 0.5) is 0 Å². The molecule has 186 valence electrons. The molecule has 0 radical (unpaired) electrons. The molecule has 2 fully saturated rings. The minimum atomic E-state index is -0.313. The molecule has 1 saturated carbocycles. The Morgan fingerprint density at radius 1 is 1.03 bits per heavy atom. The lowest BCUT2D eigenvalue weighted by molar-refractivity contribution is 0.106. The summed E-state index contributed by atoms with van der Waals surface area (Å²) in [6, 6.07) is 5.77. The minimum Gasteiger partial charge on any atom is -0.486 e. The zero-order chi connectivity index (χ0) is 23.8. The van der Waals surface area contributed by atoms with Crippen molar-refractivity contribution in [1.82, 2.24) is 35.0 Å². The molecule has 1 unspecified atom stereocenters. The number of rotatable bonds is 5. The number of hydrogen-bond donors (Lipinski definition) is 1. The van der Waals surface area contributed by atoms with E-state index in [1.165, 1.54) is 19.3 Å². The molecule has 1 N–H and O–H groups in total. The second kappa shape index (κ2) is 9.58. The van der Waals surface area contributed by atoms with Crippen molar-refractivity contribution in [3.05, 3.63) is 39.9 Å². The van der Waals surface area contributed by atoms with Crippen LogP contribution in [0.5, 0.6) is 11.5 Å². The first-order chi connectivity index (χ1) is 17.2. The highest BCUT2D eigenvalue weighted by Gasteiger charge is 2.34. The number of benzene rings is 1. The largest absolute Gasteiger partial charge is 0.486 e. The number of hydrogen-bond acceptors (Lipinski definition) is 8. The number of piperazine rings is 1. The molecule has 3 aromatic rings. The third-order valence-electron chi connectivity index (χ3n) is 7.73. The van der Waals surface area contributed by atoms with Crippen LogP contribution in [-0.4, -0.2) is 80.9 Å². The molecule has 1 aromatic carbocycles. The van der Waals surface area contributed by atoms with Gasteiger partial charge >= 0.3 is 0 Å². The molecule has 2 aromatic heterocycles. The molecule has 6 rings (SSSR count). The summed E-state index contributed by atoms with van der Waals surface area (Å²) in [6.07, 6.45) is 5.79. The quantitative estimate of drug-likeness (QED) is 0.596. The van der Waals surface area contributed by atoms with Crippen molar-refractivity contribution in [2.75, 3.05) is 45.9 Å². The van der Waals surface area contributed by atoms with Gasteiger partial charge in [0.1, 0.15) is 19.3 Å². The number of aromatic amines is 1. The smallest absolute Gasteiger partial charge is 0.253 e. The first-order valence-electron chi connectivity index (χ1n) is 12.9. The molecule has 0 amide bonds. The second-order valence-electron chi connectivity index (χ2n) is 9.78. The van der Waals surface area contributed by atoms with E-state index in [1.807, 2.05) is 22.9 Å². The van der Waals surface area contributed by atoms with Gasteiger partial charge in [-0.1, -0.05) is 26.2 Å². The Labute approximate surface area is 204 Å². The van der Waals surface area contributed by atoms with Crippen LogP contribution >= 0.6 is 0 Å². The van der Waals surface area contributed by atoms with Crippen LogP contribution < -0.4 is 15.0 Å². The molecule has 1 aliphatic carbocycles. The topological polar surface area (TPSA) is 101 Å². The molecule has 10 heteroatoms. The van der Waals surface area contributed by atoms with Gasteiger partial charge in [-0.2, -0.15) is 0 Å². The van der Waals surface area contributed by atoms with Gasteiger partial charge in [-0.25, -0.2) is 4.68 Å². The molecular formula is C25H33N7O3. The Morgan fingerprint density at radius 3 is 2.51 bits per heavy atom. The van der Waals surface area contributed by atoms with Gasteiger partial charge < -0.3 is 19.4 Å². The number of nitrogens with one attached hydrogen (secondary N) is 1. The third kappa shape index (κ3) is 4.29. The van der Waals surface area contributed by atoms with Gasteiger partial charge in [-0.15, -0.1) is 5.10 Å². The standard InChI is InChI=1S/C25H33N7O3/c1-2-30-8-10-31(11-9-30)23(24-27-28-29-32(24)18-6-4-3-5-7-18)19-14-17-15-21-22(35-13-12-34-21)16-20(17)26-25(19)33/h14-16,18,23H,2-13H2,1H3,(H,26,33). The lowest BCUT2D eigenvalue weighted by atomic mass is 9.95. The lowest BCUT2D eigenvalue weighted by Crippen LogP contribution is -2.49. The van der Waals surface area contributed by atoms with Crippen LogP contribution in [0, 0.1) is 0 Å². The summed E-state index contributed by atoms with van der Waals surface area (Å²) in [4.78, 5) is 21.5. The molecule has 0 spiro atoms. The number of nitrogens with zero attached hydrogens (tertiary/aromatic N) is 6. The summed E-state index contributed by atoms with van der Waals surface area (Å²) in [6.45, 7) is 7.89. The van der Waals surface area contributed by atoms with Crippen molar-refractivity contribution in [3.63, 3.8) is 0 Å². The molecule has 4 heterocycles. The van der Waals surface area contributed by atoms with Crippen LogP contribution in [0.1, 0.15) is 62.5 Å². The van der Waals surface area contributed by atoms with Crippen molar-refractivity contribution >= 4 is 10.9 Å². The number of H-pyrrole nitrogens is 1. The van der Waals surface area contributed by atoms with E-state index in [4.69, 9.17) is 9.47 Å². The van der Waals surface area contributed by atoms with Gasteiger partial charge in [0.05, 0.1) is 11.6 Å².